The largest absolute Gasteiger partial charge is 0.484 e. The summed E-state index contributed by atoms with van der Waals surface area (Å²) in [6.07, 6.45) is 0.922. The molecule has 2 aromatic rings. The van der Waals surface area contributed by atoms with E-state index < -0.39 is 0 Å². The van der Waals surface area contributed by atoms with Crippen molar-refractivity contribution in [2.24, 2.45) is 0 Å². The summed E-state index contributed by atoms with van der Waals surface area (Å²) in [6.45, 7) is 1.56. The number of halogens is 1. The maximum atomic E-state index is 12.2. The molecule has 0 saturated heterocycles. The van der Waals surface area contributed by atoms with Gasteiger partial charge in [0.1, 0.15) is 5.75 Å². The van der Waals surface area contributed by atoms with Crippen LogP contribution in [0.3, 0.4) is 0 Å². The minimum absolute atomic E-state index is 0.0445. The molecule has 0 atom stereocenters. The first-order valence-corrected chi connectivity index (χ1v) is 8.03. The van der Waals surface area contributed by atoms with Gasteiger partial charge in [-0.05, 0) is 64.4 Å². The lowest BCUT2D eigenvalue weighted by Crippen LogP contribution is -2.38. The Morgan fingerprint density at radius 2 is 1.81 bits per heavy atom. The smallest absolute Gasteiger partial charge is 0.260 e. The summed E-state index contributed by atoms with van der Waals surface area (Å²) in [5.74, 6) is 0.782. The van der Waals surface area contributed by atoms with Crippen LogP contribution in [-0.4, -0.2) is 24.0 Å². The van der Waals surface area contributed by atoms with E-state index in [0.29, 0.717) is 6.54 Å². The number of ether oxygens (including phenoxy) is 1. The molecule has 108 valence electrons. The fourth-order valence-corrected chi connectivity index (χ4v) is 2.84. The maximum absolute atomic E-state index is 12.2. The normalized spacial score (nSPS) is 13.7. The van der Waals surface area contributed by atoms with Gasteiger partial charge in [0.15, 0.2) is 6.61 Å². The van der Waals surface area contributed by atoms with Gasteiger partial charge in [-0.15, -0.1) is 0 Å². The molecule has 0 aliphatic carbocycles. The van der Waals surface area contributed by atoms with Crippen LogP contribution < -0.4 is 4.74 Å². The topological polar surface area (TPSA) is 29.5 Å². The summed E-state index contributed by atoms with van der Waals surface area (Å²) in [7, 11) is 0. The van der Waals surface area contributed by atoms with Crippen LogP contribution in [0.1, 0.15) is 11.1 Å². The van der Waals surface area contributed by atoms with Crippen molar-refractivity contribution in [1.29, 1.82) is 0 Å². The molecule has 0 radical (unpaired) electrons. The monoisotopic (exact) mass is 393 g/mol. The maximum Gasteiger partial charge on any atom is 0.260 e. The van der Waals surface area contributed by atoms with Crippen LogP contribution in [0.2, 0.25) is 0 Å². The van der Waals surface area contributed by atoms with Crippen LogP contribution in [0.5, 0.6) is 5.75 Å². The van der Waals surface area contributed by atoms with Gasteiger partial charge in [0.2, 0.25) is 0 Å². The van der Waals surface area contributed by atoms with E-state index in [0.717, 1.165) is 22.3 Å². The third-order valence-electron chi connectivity index (χ3n) is 3.66. The fraction of sp³-hybridized carbons (Fsp3) is 0.235. The molecular formula is C17H16INO2. The summed E-state index contributed by atoms with van der Waals surface area (Å²) < 4.78 is 6.72. The summed E-state index contributed by atoms with van der Waals surface area (Å²) in [5, 5.41) is 0. The summed E-state index contributed by atoms with van der Waals surface area (Å²) in [4.78, 5) is 14.1. The van der Waals surface area contributed by atoms with Gasteiger partial charge < -0.3 is 9.64 Å². The Kier molecular flexibility index (Phi) is 4.43. The van der Waals surface area contributed by atoms with Crippen molar-refractivity contribution in [2.45, 2.75) is 13.0 Å². The molecule has 1 amide bonds. The molecule has 2 aromatic carbocycles. The summed E-state index contributed by atoms with van der Waals surface area (Å²) >= 11 is 2.24. The Bertz CT molecular complexity index is 639. The van der Waals surface area contributed by atoms with Gasteiger partial charge in [0.05, 0.1) is 0 Å². The molecule has 4 heteroatoms. The van der Waals surface area contributed by atoms with E-state index in [1.54, 1.807) is 0 Å². The number of carbonyl (C=O) groups is 1. The second kappa shape index (κ2) is 6.47. The lowest BCUT2D eigenvalue weighted by Gasteiger charge is -2.28. The molecule has 1 aliphatic heterocycles. The average Bonchev–Trinajstić information content (AvgIpc) is 2.53. The third-order valence-corrected chi connectivity index (χ3v) is 4.38. The standard InChI is InChI=1S/C17H16INO2/c18-15-5-7-16(8-6-15)21-12-17(20)19-10-9-13-3-1-2-4-14(13)11-19/h1-8H,9-12H2. The third kappa shape index (κ3) is 3.56. The van der Waals surface area contributed by atoms with Gasteiger partial charge in [-0.1, -0.05) is 24.3 Å². The zero-order valence-electron chi connectivity index (χ0n) is 11.6. The number of benzene rings is 2. The van der Waals surface area contributed by atoms with E-state index in [4.69, 9.17) is 4.74 Å². The highest BCUT2D eigenvalue weighted by Gasteiger charge is 2.20. The van der Waals surface area contributed by atoms with Crippen molar-refractivity contribution < 1.29 is 9.53 Å². The molecule has 1 aliphatic rings. The molecule has 0 fully saturated rings. The van der Waals surface area contributed by atoms with Crippen molar-refractivity contribution in [3.05, 3.63) is 63.2 Å². The SMILES string of the molecule is O=C(COc1ccc(I)cc1)N1CCc2ccccc2C1. The van der Waals surface area contributed by atoms with Crippen molar-refractivity contribution in [3.8, 4) is 5.75 Å². The number of carbonyl (C=O) groups excluding carboxylic acids is 1. The van der Waals surface area contributed by atoms with Gasteiger partial charge in [-0.3, -0.25) is 4.79 Å². The molecule has 3 nitrogen and oxygen atoms in total. The first kappa shape index (κ1) is 14.4. The van der Waals surface area contributed by atoms with E-state index in [-0.39, 0.29) is 12.5 Å². The van der Waals surface area contributed by atoms with Crippen LogP contribution in [0, 0.1) is 3.57 Å². The molecule has 0 bridgehead atoms. The van der Waals surface area contributed by atoms with Crippen molar-refractivity contribution in [1.82, 2.24) is 4.90 Å². The summed E-state index contributed by atoms with van der Waals surface area (Å²) in [6, 6.07) is 16.0. The first-order chi connectivity index (χ1) is 10.2. The lowest BCUT2D eigenvalue weighted by atomic mass is 10.00. The highest BCUT2D eigenvalue weighted by molar-refractivity contribution is 14.1. The Morgan fingerprint density at radius 3 is 2.57 bits per heavy atom. The number of nitrogens with zero attached hydrogens (tertiary/aromatic N) is 1. The quantitative estimate of drug-likeness (QED) is 0.750. The Hall–Kier alpha value is -1.56. The molecule has 0 spiro atoms. The predicted molar refractivity (Wildman–Crippen MR) is 90.2 cm³/mol. The van der Waals surface area contributed by atoms with Crippen LogP contribution in [0.25, 0.3) is 0 Å². The zero-order chi connectivity index (χ0) is 14.7. The Morgan fingerprint density at radius 1 is 1.10 bits per heavy atom. The highest BCUT2D eigenvalue weighted by Crippen LogP contribution is 2.19. The molecule has 3 rings (SSSR count). The van der Waals surface area contributed by atoms with Crippen LogP contribution >= 0.6 is 22.6 Å². The van der Waals surface area contributed by atoms with Crippen LogP contribution in [0.15, 0.2) is 48.5 Å². The van der Waals surface area contributed by atoms with Gasteiger partial charge in [0, 0.05) is 16.7 Å². The molecule has 0 N–H and O–H groups in total. The van der Waals surface area contributed by atoms with Crippen molar-refractivity contribution >= 4 is 28.5 Å². The first-order valence-electron chi connectivity index (χ1n) is 6.95. The lowest BCUT2D eigenvalue weighted by molar-refractivity contribution is -0.134. The van der Waals surface area contributed by atoms with Gasteiger partial charge in [-0.2, -0.15) is 0 Å². The molecule has 21 heavy (non-hydrogen) atoms. The van der Waals surface area contributed by atoms with E-state index in [1.807, 2.05) is 35.2 Å². The Labute approximate surface area is 138 Å². The summed E-state index contributed by atoms with van der Waals surface area (Å²) in [5.41, 5.74) is 2.59. The van der Waals surface area contributed by atoms with E-state index in [9.17, 15) is 4.79 Å². The molecular weight excluding hydrogens is 377 g/mol. The van der Waals surface area contributed by atoms with Gasteiger partial charge in [0.25, 0.3) is 5.91 Å². The zero-order valence-corrected chi connectivity index (χ0v) is 13.7. The minimum atomic E-state index is 0.0445. The van der Waals surface area contributed by atoms with Crippen LogP contribution in [-0.2, 0) is 17.8 Å². The van der Waals surface area contributed by atoms with E-state index in [2.05, 4.69) is 40.8 Å². The second-order valence-electron chi connectivity index (χ2n) is 5.08. The predicted octanol–water partition coefficient (Wildman–Crippen LogP) is 3.25. The number of hydrogen-bond donors (Lipinski definition) is 0. The number of amides is 1. The van der Waals surface area contributed by atoms with Gasteiger partial charge >= 0.3 is 0 Å². The average molecular weight is 393 g/mol. The van der Waals surface area contributed by atoms with Crippen molar-refractivity contribution in [3.63, 3.8) is 0 Å². The van der Waals surface area contributed by atoms with E-state index >= 15 is 0 Å². The molecule has 0 unspecified atom stereocenters. The van der Waals surface area contributed by atoms with Crippen LogP contribution in [0.4, 0.5) is 0 Å². The van der Waals surface area contributed by atoms with Gasteiger partial charge in [-0.25, -0.2) is 0 Å². The second-order valence-corrected chi connectivity index (χ2v) is 6.32. The Balaban J connectivity index is 1.58. The minimum Gasteiger partial charge on any atom is -0.484 e. The molecule has 1 heterocycles. The van der Waals surface area contributed by atoms with E-state index in [1.165, 1.54) is 11.1 Å². The number of rotatable bonds is 3. The molecule has 0 aromatic heterocycles. The number of fused-ring (bicyclic) bond motifs is 1. The van der Waals surface area contributed by atoms with Crippen molar-refractivity contribution in [2.75, 3.05) is 13.2 Å². The number of hydrogen-bond acceptors (Lipinski definition) is 2. The highest BCUT2D eigenvalue weighted by atomic mass is 127. The molecule has 0 saturated carbocycles. The fourth-order valence-electron chi connectivity index (χ4n) is 2.48.